The second-order valence-electron chi connectivity index (χ2n) is 5.75. The van der Waals surface area contributed by atoms with Crippen LogP contribution in [-0.2, 0) is 0 Å². The van der Waals surface area contributed by atoms with Crippen molar-refractivity contribution in [3.8, 4) is 5.75 Å². The van der Waals surface area contributed by atoms with E-state index in [-0.39, 0.29) is 0 Å². The SMILES string of the molecule is CCOc1ccc2c(c1)C(c1ccccc1)=NNC(c1ccncc1)=N2. The fourth-order valence-electron chi connectivity index (χ4n) is 2.83. The molecule has 1 aliphatic heterocycles. The van der Waals surface area contributed by atoms with Crippen LogP contribution in [0.1, 0.15) is 23.6 Å². The summed E-state index contributed by atoms with van der Waals surface area (Å²) in [6.45, 7) is 2.58. The van der Waals surface area contributed by atoms with Crippen LogP contribution in [0.15, 0.2) is 83.2 Å². The van der Waals surface area contributed by atoms with Crippen molar-refractivity contribution in [2.24, 2.45) is 10.1 Å². The molecule has 128 valence electrons. The van der Waals surface area contributed by atoms with E-state index >= 15 is 0 Å². The number of pyridine rings is 1. The third-order valence-corrected chi connectivity index (χ3v) is 4.04. The number of hydrogen-bond acceptors (Lipinski definition) is 5. The molecule has 5 heteroatoms. The molecule has 4 rings (SSSR count). The smallest absolute Gasteiger partial charge is 0.154 e. The first kappa shape index (κ1) is 16.0. The molecule has 0 aliphatic carbocycles. The van der Waals surface area contributed by atoms with Crippen LogP contribution in [0.4, 0.5) is 5.69 Å². The summed E-state index contributed by atoms with van der Waals surface area (Å²) in [5, 5.41) is 4.65. The molecule has 0 unspecified atom stereocenters. The Morgan fingerprint density at radius 3 is 2.50 bits per heavy atom. The monoisotopic (exact) mass is 342 g/mol. The molecule has 3 aromatic rings. The number of nitrogens with one attached hydrogen (secondary N) is 1. The van der Waals surface area contributed by atoms with Gasteiger partial charge in [-0.2, -0.15) is 5.10 Å². The quantitative estimate of drug-likeness (QED) is 0.782. The number of ether oxygens (including phenoxy) is 1. The molecule has 0 amide bonds. The first-order valence-corrected chi connectivity index (χ1v) is 8.50. The maximum Gasteiger partial charge on any atom is 0.154 e. The summed E-state index contributed by atoms with van der Waals surface area (Å²) in [7, 11) is 0. The summed E-state index contributed by atoms with van der Waals surface area (Å²) in [6.07, 6.45) is 3.48. The number of benzene rings is 2. The number of rotatable bonds is 4. The van der Waals surface area contributed by atoms with Crippen LogP contribution in [0.25, 0.3) is 0 Å². The molecular formula is C21H18N4O. The summed E-state index contributed by atoms with van der Waals surface area (Å²) in [4.78, 5) is 8.86. The average molecular weight is 342 g/mol. The summed E-state index contributed by atoms with van der Waals surface area (Å²) >= 11 is 0. The summed E-state index contributed by atoms with van der Waals surface area (Å²) in [5.74, 6) is 1.49. The fraction of sp³-hybridized carbons (Fsp3) is 0.0952. The van der Waals surface area contributed by atoms with Crippen molar-refractivity contribution in [1.29, 1.82) is 0 Å². The second kappa shape index (κ2) is 7.19. The van der Waals surface area contributed by atoms with Gasteiger partial charge in [-0.25, -0.2) is 4.99 Å². The van der Waals surface area contributed by atoms with E-state index in [0.29, 0.717) is 12.4 Å². The molecule has 2 aromatic carbocycles. The zero-order valence-electron chi connectivity index (χ0n) is 14.4. The maximum atomic E-state index is 5.68. The standard InChI is InChI=1S/C21H18N4O/c1-2-26-17-8-9-19-18(14-17)20(15-6-4-3-5-7-15)24-25-21(23-19)16-10-12-22-13-11-16/h3-14H,2H2,1H3,(H,23,25). The number of hydrazone groups is 1. The average Bonchev–Trinajstić information content (AvgIpc) is 2.89. The van der Waals surface area contributed by atoms with Crippen molar-refractivity contribution < 1.29 is 4.74 Å². The predicted octanol–water partition coefficient (Wildman–Crippen LogP) is 3.91. The number of hydrogen-bond donors (Lipinski definition) is 1. The highest BCUT2D eigenvalue weighted by atomic mass is 16.5. The van der Waals surface area contributed by atoms with Gasteiger partial charge in [-0.3, -0.25) is 10.4 Å². The molecule has 26 heavy (non-hydrogen) atoms. The molecule has 1 N–H and O–H groups in total. The molecule has 0 atom stereocenters. The summed E-state index contributed by atoms with van der Waals surface area (Å²) < 4.78 is 5.68. The lowest BCUT2D eigenvalue weighted by atomic mass is 10.0. The Hall–Kier alpha value is -3.47. The van der Waals surface area contributed by atoms with Crippen LogP contribution in [0.5, 0.6) is 5.75 Å². The lowest BCUT2D eigenvalue weighted by molar-refractivity contribution is 0.340. The Morgan fingerprint density at radius 2 is 1.73 bits per heavy atom. The van der Waals surface area contributed by atoms with E-state index in [9.17, 15) is 0 Å². The molecular weight excluding hydrogens is 324 g/mol. The van der Waals surface area contributed by atoms with E-state index in [4.69, 9.17) is 9.73 Å². The highest BCUT2D eigenvalue weighted by Crippen LogP contribution is 2.29. The van der Waals surface area contributed by atoms with Gasteiger partial charge < -0.3 is 4.74 Å². The normalized spacial score (nSPS) is 13.0. The van der Waals surface area contributed by atoms with Crippen molar-refractivity contribution in [2.75, 3.05) is 6.61 Å². The largest absolute Gasteiger partial charge is 0.494 e. The molecule has 0 spiro atoms. The van der Waals surface area contributed by atoms with Gasteiger partial charge in [0.05, 0.1) is 12.3 Å². The second-order valence-corrected chi connectivity index (χ2v) is 5.75. The van der Waals surface area contributed by atoms with Crippen LogP contribution in [0.3, 0.4) is 0 Å². The predicted molar refractivity (Wildman–Crippen MR) is 103 cm³/mol. The van der Waals surface area contributed by atoms with E-state index in [1.807, 2.05) is 67.6 Å². The highest BCUT2D eigenvalue weighted by molar-refractivity contribution is 6.18. The van der Waals surface area contributed by atoms with Crippen molar-refractivity contribution in [3.63, 3.8) is 0 Å². The van der Waals surface area contributed by atoms with Crippen LogP contribution in [0, 0.1) is 0 Å². The molecule has 1 aromatic heterocycles. The van der Waals surface area contributed by atoms with Gasteiger partial charge in [0.1, 0.15) is 11.5 Å². The van der Waals surface area contributed by atoms with Gasteiger partial charge in [-0.1, -0.05) is 30.3 Å². The van der Waals surface area contributed by atoms with Gasteiger partial charge in [0.15, 0.2) is 5.84 Å². The highest BCUT2D eigenvalue weighted by Gasteiger charge is 2.18. The Bertz CT molecular complexity index is 966. The van der Waals surface area contributed by atoms with Crippen LogP contribution >= 0.6 is 0 Å². The maximum absolute atomic E-state index is 5.68. The number of aliphatic imine (C=N–C) groups is 1. The first-order valence-electron chi connectivity index (χ1n) is 8.50. The van der Waals surface area contributed by atoms with Gasteiger partial charge in [0, 0.05) is 29.1 Å². The Labute approximate surface area is 152 Å². The minimum absolute atomic E-state index is 0.611. The van der Waals surface area contributed by atoms with Crippen LogP contribution in [-0.4, -0.2) is 23.1 Å². The van der Waals surface area contributed by atoms with Gasteiger partial charge in [0.2, 0.25) is 0 Å². The Balaban J connectivity index is 1.86. The lowest BCUT2D eigenvalue weighted by Gasteiger charge is -2.10. The van der Waals surface area contributed by atoms with E-state index < -0.39 is 0 Å². The molecule has 1 aliphatic rings. The van der Waals surface area contributed by atoms with E-state index in [1.54, 1.807) is 12.4 Å². The fourth-order valence-corrected chi connectivity index (χ4v) is 2.83. The van der Waals surface area contributed by atoms with E-state index in [1.165, 1.54) is 0 Å². The molecule has 0 saturated carbocycles. The summed E-state index contributed by atoms with van der Waals surface area (Å²) in [6, 6.07) is 19.8. The first-order chi connectivity index (χ1) is 12.8. The molecule has 0 bridgehead atoms. The molecule has 0 fully saturated rings. The van der Waals surface area contributed by atoms with E-state index in [0.717, 1.165) is 33.8 Å². The van der Waals surface area contributed by atoms with Crippen molar-refractivity contribution >= 4 is 17.2 Å². The van der Waals surface area contributed by atoms with Crippen LogP contribution < -0.4 is 10.2 Å². The Morgan fingerprint density at radius 1 is 0.923 bits per heavy atom. The molecule has 0 saturated heterocycles. The number of nitrogens with zero attached hydrogens (tertiary/aromatic N) is 3. The Kier molecular flexibility index (Phi) is 4.43. The minimum Gasteiger partial charge on any atom is -0.494 e. The number of fused-ring (bicyclic) bond motifs is 1. The summed E-state index contributed by atoms with van der Waals surface area (Å²) in [5.41, 5.74) is 7.66. The third kappa shape index (κ3) is 3.19. The van der Waals surface area contributed by atoms with Crippen molar-refractivity contribution in [2.45, 2.75) is 6.92 Å². The minimum atomic E-state index is 0.611. The lowest BCUT2D eigenvalue weighted by Crippen LogP contribution is -2.19. The van der Waals surface area contributed by atoms with Gasteiger partial charge in [-0.15, -0.1) is 0 Å². The van der Waals surface area contributed by atoms with Gasteiger partial charge in [-0.05, 0) is 37.3 Å². The van der Waals surface area contributed by atoms with Crippen molar-refractivity contribution in [1.82, 2.24) is 10.4 Å². The number of amidine groups is 1. The zero-order valence-corrected chi connectivity index (χ0v) is 14.4. The topological polar surface area (TPSA) is 58.9 Å². The van der Waals surface area contributed by atoms with Gasteiger partial charge >= 0.3 is 0 Å². The third-order valence-electron chi connectivity index (χ3n) is 4.04. The van der Waals surface area contributed by atoms with E-state index in [2.05, 4.69) is 15.5 Å². The van der Waals surface area contributed by atoms with Gasteiger partial charge in [0.25, 0.3) is 0 Å². The van der Waals surface area contributed by atoms with Crippen molar-refractivity contribution in [3.05, 3.63) is 89.7 Å². The van der Waals surface area contributed by atoms with Crippen LogP contribution in [0.2, 0.25) is 0 Å². The molecule has 0 radical (unpaired) electrons. The number of aromatic nitrogens is 1. The zero-order chi connectivity index (χ0) is 17.8. The molecule has 5 nitrogen and oxygen atoms in total. The molecule has 2 heterocycles.